The predicted molar refractivity (Wildman–Crippen MR) is 85.0 cm³/mol. The third-order valence-electron chi connectivity index (χ3n) is 2.81. The second-order valence-electron chi connectivity index (χ2n) is 4.28. The maximum Gasteiger partial charge on any atom is 0.138 e. The Kier molecular flexibility index (Phi) is 5.55. The molecule has 0 bridgehead atoms. The molecule has 1 N–H and O–H groups in total. The maximum absolute atomic E-state index is 6.19. The van der Waals surface area contributed by atoms with Crippen LogP contribution < -0.4 is 10.1 Å². The molecule has 0 aliphatic rings. The summed E-state index contributed by atoms with van der Waals surface area (Å²) in [5.41, 5.74) is 1.85. The Morgan fingerprint density at radius 2 is 1.70 bits per heavy atom. The maximum atomic E-state index is 6.19. The first-order valence-corrected chi connectivity index (χ1v) is 7.24. The fourth-order valence-corrected chi connectivity index (χ4v) is 2.56. The van der Waals surface area contributed by atoms with Gasteiger partial charge in [0.2, 0.25) is 0 Å². The molecule has 0 amide bonds. The molecule has 0 unspecified atom stereocenters. The van der Waals surface area contributed by atoms with Gasteiger partial charge in [-0.1, -0.05) is 46.9 Å². The van der Waals surface area contributed by atoms with Crippen LogP contribution in [0.25, 0.3) is 0 Å². The van der Waals surface area contributed by atoms with Crippen molar-refractivity contribution in [3.05, 3.63) is 62.6 Å². The van der Waals surface area contributed by atoms with Crippen molar-refractivity contribution in [3.8, 4) is 5.75 Å². The van der Waals surface area contributed by atoms with Crippen molar-refractivity contribution in [1.82, 2.24) is 5.32 Å². The highest BCUT2D eigenvalue weighted by atomic mass is 35.5. The summed E-state index contributed by atoms with van der Waals surface area (Å²) in [6.45, 7) is 1.04. The van der Waals surface area contributed by atoms with Gasteiger partial charge in [-0.15, -0.1) is 0 Å². The van der Waals surface area contributed by atoms with Crippen molar-refractivity contribution in [2.45, 2.75) is 13.2 Å². The second kappa shape index (κ2) is 7.19. The van der Waals surface area contributed by atoms with E-state index < -0.39 is 0 Å². The molecular formula is C15H14Cl3NO. The van der Waals surface area contributed by atoms with Crippen LogP contribution in [-0.4, -0.2) is 7.05 Å². The molecule has 0 heterocycles. The zero-order valence-corrected chi connectivity index (χ0v) is 13.2. The molecule has 0 atom stereocenters. The van der Waals surface area contributed by atoms with E-state index in [1.807, 2.05) is 25.2 Å². The molecule has 0 aliphatic heterocycles. The second-order valence-corrected chi connectivity index (χ2v) is 5.51. The van der Waals surface area contributed by atoms with E-state index in [0.29, 0.717) is 20.8 Å². The van der Waals surface area contributed by atoms with Crippen molar-refractivity contribution in [3.63, 3.8) is 0 Å². The SMILES string of the molecule is CNCc1ccc(OCc2c(Cl)cccc2Cl)c(Cl)c1. The quantitative estimate of drug-likeness (QED) is 0.838. The molecule has 2 nitrogen and oxygen atoms in total. The fraction of sp³-hybridized carbons (Fsp3) is 0.200. The first-order valence-electron chi connectivity index (χ1n) is 6.10. The molecule has 2 aromatic rings. The van der Waals surface area contributed by atoms with Gasteiger partial charge in [0.05, 0.1) is 5.02 Å². The van der Waals surface area contributed by atoms with Crippen molar-refractivity contribution in [2.24, 2.45) is 0 Å². The first kappa shape index (κ1) is 15.5. The summed E-state index contributed by atoms with van der Waals surface area (Å²) in [6, 6.07) is 11.1. The lowest BCUT2D eigenvalue weighted by Crippen LogP contribution is -2.05. The van der Waals surface area contributed by atoms with Gasteiger partial charge in [0.15, 0.2) is 0 Å². The minimum absolute atomic E-state index is 0.281. The number of rotatable bonds is 5. The van der Waals surface area contributed by atoms with Gasteiger partial charge in [-0.3, -0.25) is 0 Å². The Labute approximate surface area is 133 Å². The largest absolute Gasteiger partial charge is 0.487 e. The molecule has 0 radical (unpaired) electrons. The summed E-state index contributed by atoms with van der Waals surface area (Å²) in [7, 11) is 1.89. The van der Waals surface area contributed by atoms with Gasteiger partial charge in [-0.25, -0.2) is 0 Å². The Hall–Kier alpha value is -0.930. The molecule has 0 aliphatic carbocycles. The molecule has 106 valence electrons. The van der Waals surface area contributed by atoms with Crippen LogP contribution in [-0.2, 0) is 13.2 Å². The molecule has 2 aromatic carbocycles. The zero-order valence-electron chi connectivity index (χ0n) is 10.9. The van der Waals surface area contributed by atoms with Crippen LogP contribution in [0.1, 0.15) is 11.1 Å². The van der Waals surface area contributed by atoms with E-state index in [4.69, 9.17) is 39.5 Å². The van der Waals surface area contributed by atoms with Gasteiger partial charge < -0.3 is 10.1 Å². The average Bonchev–Trinajstić information content (AvgIpc) is 2.40. The highest BCUT2D eigenvalue weighted by Gasteiger charge is 2.08. The van der Waals surface area contributed by atoms with Crippen LogP contribution in [0.2, 0.25) is 15.1 Å². The van der Waals surface area contributed by atoms with Gasteiger partial charge in [0.1, 0.15) is 12.4 Å². The van der Waals surface area contributed by atoms with E-state index in [1.54, 1.807) is 18.2 Å². The lowest BCUT2D eigenvalue weighted by molar-refractivity contribution is 0.306. The first-order chi connectivity index (χ1) is 9.61. The van der Waals surface area contributed by atoms with Crippen molar-refractivity contribution in [2.75, 3.05) is 7.05 Å². The number of nitrogens with one attached hydrogen (secondary N) is 1. The average molecular weight is 331 g/mol. The lowest BCUT2D eigenvalue weighted by Gasteiger charge is -2.11. The standard InChI is InChI=1S/C15H14Cl3NO/c1-19-8-10-5-6-15(14(18)7-10)20-9-11-12(16)3-2-4-13(11)17/h2-7,19H,8-9H2,1H3. The monoisotopic (exact) mass is 329 g/mol. The van der Waals surface area contributed by atoms with Crippen molar-refractivity contribution in [1.29, 1.82) is 0 Å². The van der Waals surface area contributed by atoms with Gasteiger partial charge >= 0.3 is 0 Å². The third kappa shape index (κ3) is 3.80. The van der Waals surface area contributed by atoms with Gasteiger partial charge in [-0.2, -0.15) is 0 Å². The van der Waals surface area contributed by atoms with Crippen LogP contribution in [0.5, 0.6) is 5.75 Å². The molecular weight excluding hydrogens is 317 g/mol. The molecule has 0 saturated heterocycles. The minimum atomic E-state index is 0.281. The topological polar surface area (TPSA) is 21.3 Å². The number of ether oxygens (including phenoxy) is 1. The van der Waals surface area contributed by atoms with Crippen LogP contribution in [0.15, 0.2) is 36.4 Å². The summed E-state index contributed by atoms with van der Waals surface area (Å²) in [5, 5.41) is 4.81. The van der Waals surface area contributed by atoms with E-state index >= 15 is 0 Å². The van der Waals surface area contributed by atoms with E-state index in [-0.39, 0.29) is 6.61 Å². The van der Waals surface area contributed by atoms with Gasteiger partial charge in [0.25, 0.3) is 0 Å². The normalized spacial score (nSPS) is 10.6. The van der Waals surface area contributed by atoms with Crippen LogP contribution in [0.4, 0.5) is 0 Å². The summed E-state index contributed by atoms with van der Waals surface area (Å²) >= 11 is 18.4. The number of hydrogen-bond acceptors (Lipinski definition) is 2. The summed E-state index contributed by atoms with van der Waals surface area (Å²) in [4.78, 5) is 0. The third-order valence-corrected chi connectivity index (χ3v) is 3.81. The summed E-state index contributed by atoms with van der Waals surface area (Å²) in [6.07, 6.45) is 0. The van der Waals surface area contributed by atoms with Crippen molar-refractivity contribution < 1.29 is 4.74 Å². The molecule has 2 rings (SSSR count). The smallest absolute Gasteiger partial charge is 0.138 e. The highest BCUT2D eigenvalue weighted by molar-refractivity contribution is 6.36. The van der Waals surface area contributed by atoms with Gasteiger partial charge in [-0.05, 0) is 36.9 Å². The Balaban J connectivity index is 2.11. The highest BCUT2D eigenvalue weighted by Crippen LogP contribution is 2.29. The molecule has 0 aromatic heterocycles. The minimum Gasteiger partial charge on any atom is -0.487 e. The molecule has 20 heavy (non-hydrogen) atoms. The van der Waals surface area contributed by atoms with Gasteiger partial charge in [0, 0.05) is 22.2 Å². The van der Waals surface area contributed by atoms with Crippen LogP contribution in [0, 0.1) is 0 Å². The van der Waals surface area contributed by atoms with E-state index in [1.165, 1.54) is 0 Å². The Morgan fingerprint density at radius 3 is 2.30 bits per heavy atom. The van der Waals surface area contributed by atoms with Crippen LogP contribution in [0.3, 0.4) is 0 Å². The Morgan fingerprint density at radius 1 is 1.00 bits per heavy atom. The Bertz CT molecular complexity index is 581. The predicted octanol–water partition coefficient (Wildman–Crippen LogP) is 4.95. The number of benzene rings is 2. The lowest BCUT2D eigenvalue weighted by atomic mass is 10.2. The van der Waals surface area contributed by atoms with E-state index in [9.17, 15) is 0 Å². The fourth-order valence-electron chi connectivity index (χ4n) is 1.80. The molecule has 0 fully saturated rings. The van der Waals surface area contributed by atoms with Crippen molar-refractivity contribution >= 4 is 34.8 Å². The summed E-state index contributed by atoms with van der Waals surface area (Å²) in [5.74, 6) is 0.613. The number of hydrogen-bond donors (Lipinski definition) is 1. The summed E-state index contributed by atoms with van der Waals surface area (Å²) < 4.78 is 5.70. The van der Waals surface area contributed by atoms with Crippen LogP contribution >= 0.6 is 34.8 Å². The molecule has 5 heteroatoms. The molecule has 0 spiro atoms. The van der Waals surface area contributed by atoms with E-state index in [2.05, 4.69) is 5.32 Å². The van der Waals surface area contributed by atoms with E-state index in [0.717, 1.165) is 17.7 Å². The molecule has 0 saturated carbocycles. The number of halogens is 3. The zero-order chi connectivity index (χ0) is 14.5.